The molecule has 0 unspecified atom stereocenters. The minimum Gasteiger partial charge on any atom is -0.364 e. The number of rotatable bonds is 4. The Balaban J connectivity index is 2.33. The van der Waals surface area contributed by atoms with Gasteiger partial charge in [0, 0.05) is 5.39 Å². The van der Waals surface area contributed by atoms with Crippen molar-refractivity contribution in [3.8, 4) is 6.07 Å². The van der Waals surface area contributed by atoms with Crippen molar-refractivity contribution in [1.29, 1.82) is 5.26 Å². The van der Waals surface area contributed by atoms with Crippen LogP contribution in [0, 0.1) is 11.3 Å². The van der Waals surface area contributed by atoms with Crippen LogP contribution < -0.4 is 11.1 Å². The Labute approximate surface area is 108 Å². The van der Waals surface area contributed by atoms with Crippen LogP contribution in [0.25, 0.3) is 10.9 Å². The summed E-state index contributed by atoms with van der Waals surface area (Å²) in [6, 6.07) is 10.5. The van der Waals surface area contributed by atoms with Crippen LogP contribution in [0.1, 0.15) is 5.56 Å². The number of benzene rings is 1. The summed E-state index contributed by atoms with van der Waals surface area (Å²) >= 11 is 0. The topological polar surface area (TPSA) is 74.7 Å². The van der Waals surface area contributed by atoms with Crippen molar-refractivity contribution in [2.75, 3.05) is 18.4 Å². The predicted octanol–water partition coefficient (Wildman–Crippen LogP) is 2.11. The van der Waals surface area contributed by atoms with E-state index in [1.807, 2.05) is 6.07 Å². The summed E-state index contributed by atoms with van der Waals surface area (Å²) in [5.41, 5.74) is 5.93. The second-order valence-corrected chi connectivity index (χ2v) is 4.10. The van der Waals surface area contributed by atoms with E-state index in [-0.39, 0.29) is 5.82 Å². The lowest BCUT2D eigenvalue weighted by molar-refractivity contribution is 0.0253. The molecule has 98 valence electrons. The number of hydrogen-bond donors (Lipinski definition) is 2. The molecule has 0 fully saturated rings. The van der Waals surface area contributed by atoms with Crippen LogP contribution in [0.4, 0.5) is 14.6 Å². The van der Waals surface area contributed by atoms with Gasteiger partial charge in [-0.25, -0.2) is 13.8 Å². The van der Waals surface area contributed by atoms with Crippen molar-refractivity contribution in [3.63, 3.8) is 0 Å². The van der Waals surface area contributed by atoms with Gasteiger partial charge in [-0.3, -0.25) is 0 Å². The van der Waals surface area contributed by atoms with Crippen molar-refractivity contribution in [2.24, 2.45) is 5.73 Å². The van der Waals surface area contributed by atoms with E-state index in [2.05, 4.69) is 10.3 Å². The van der Waals surface area contributed by atoms with Crippen LogP contribution in [-0.4, -0.2) is 24.0 Å². The first-order valence-electron chi connectivity index (χ1n) is 5.67. The first-order chi connectivity index (χ1) is 9.05. The number of para-hydroxylation sites is 1. The normalized spacial score (nSPS) is 11.3. The van der Waals surface area contributed by atoms with Gasteiger partial charge in [0.1, 0.15) is 5.82 Å². The molecule has 3 N–H and O–H groups in total. The smallest absolute Gasteiger partial charge is 0.276 e. The van der Waals surface area contributed by atoms with E-state index >= 15 is 0 Å². The highest BCUT2D eigenvalue weighted by atomic mass is 19.3. The zero-order chi connectivity index (χ0) is 13.9. The highest BCUT2D eigenvalue weighted by Gasteiger charge is 2.26. The average Bonchev–Trinajstić information content (AvgIpc) is 2.44. The minimum atomic E-state index is -3.00. The molecule has 0 aliphatic rings. The Morgan fingerprint density at radius 1 is 1.37 bits per heavy atom. The number of nitrogens with two attached hydrogens (primary N) is 1. The molecular weight excluding hydrogens is 250 g/mol. The number of anilines is 1. The molecule has 0 radical (unpaired) electrons. The summed E-state index contributed by atoms with van der Waals surface area (Å²) < 4.78 is 26.1. The van der Waals surface area contributed by atoms with Gasteiger partial charge >= 0.3 is 0 Å². The van der Waals surface area contributed by atoms with Gasteiger partial charge in [-0.1, -0.05) is 18.2 Å². The number of aromatic nitrogens is 1. The number of fused-ring (bicyclic) bond motifs is 1. The van der Waals surface area contributed by atoms with Crippen molar-refractivity contribution < 1.29 is 8.78 Å². The summed E-state index contributed by atoms with van der Waals surface area (Å²) in [5.74, 6) is -2.76. The van der Waals surface area contributed by atoms with Crippen molar-refractivity contribution in [2.45, 2.75) is 5.92 Å². The van der Waals surface area contributed by atoms with Crippen LogP contribution in [0.5, 0.6) is 0 Å². The Kier molecular flexibility index (Phi) is 3.58. The molecule has 19 heavy (non-hydrogen) atoms. The molecule has 0 amide bonds. The molecule has 4 nitrogen and oxygen atoms in total. The summed E-state index contributed by atoms with van der Waals surface area (Å²) in [5, 5.41) is 12.3. The maximum absolute atomic E-state index is 13.1. The lowest BCUT2D eigenvalue weighted by atomic mass is 10.1. The first kappa shape index (κ1) is 13.2. The van der Waals surface area contributed by atoms with Crippen LogP contribution in [0.3, 0.4) is 0 Å². The van der Waals surface area contributed by atoms with Gasteiger partial charge < -0.3 is 11.1 Å². The summed E-state index contributed by atoms with van der Waals surface area (Å²) in [6.07, 6.45) is 0. The van der Waals surface area contributed by atoms with Crippen LogP contribution >= 0.6 is 0 Å². The Hall–Kier alpha value is -2.26. The number of nitrogens with one attached hydrogen (secondary N) is 1. The maximum Gasteiger partial charge on any atom is 0.276 e. The van der Waals surface area contributed by atoms with Gasteiger partial charge in [0.2, 0.25) is 0 Å². The fourth-order valence-corrected chi connectivity index (χ4v) is 1.65. The second kappa shape index (κ2) is 5.16. The third-order valence-electron chi connectivity index (χ3n) is 2.66. The quantitative estimate of drug-likeness (QED) is 0.885. The molecule has 0 saturated heterocycles. The van der Waals surface area contributed by atoms with Gasteiger partial charge in [0.15, 0.2) is 0 Å². The zero-order valence-corrected chi connectivity index (χ0v) is 10.0. The predicted molar refractivity (Wildman–Crippen MR) is 68.9 cm³/mol. The van der Waals surface area contributed by atoms with E-state index < -0.39 is 19.0 Å². The molecule has 2 rings (SSSR count). The lowest BCUT2D eigenvalue weighted by Gasteiger charge is -2.15. The lowest BCUT2D eigenvalue weighted by Crippen LogP contribution is -2.35. The molecule has 0 atom stereocenters. The van der Waals surface area contributed by atoms with E-state index in [0.717, 1.165) is 0 Å². The Morgan fingerprint density at radius 3 is 2.79 bits per heavy atom. The Morgan fingerprint density at radius 2 is 2.11 bits per heavy atom. The molecule has 1 aromatic heterocycles. The molecule has 1 heterocycles. The van der Waals surface area contributed by atoms with E-state index in [1.165, 1.54) is 6.07 Å². The number of hydrogen-bond acceptors (Lipinski definition) is 4. The third-order valence-corrected chi connectivity index (χ3v) is 2.66. The second-order valence-electron chi connectivity index (χ2n) is 4.10. The van der Waals surface area contributed by atoms with Crippen molar-refractivity contribution in [3.05, 3.63) is 35.9 Å². The number of nitriles is 1. The van der Waals surface area contributed by atoms with E-state index in [4.69, 9.17) is 11.0 Å². The number of alkyl halides is 2. The molecule has 0 aliphatic heterocycles. The van der Waals surface area contributed by atoms with E-state index in [1.54, 1.807) is 24.3 Å². The van der Waals surface area contributed by atoms with Crippen LogP contribution in [0.15, 0.2) is 30.3 Å². The molecule has 0 saturated carbocycles. The van der Waals surface area contributed by atoms with Crippen LogP contribution in [0.2, 0.25) is 0 Å². The first-order valence-corrected chi connectivity index (χ1v) is 5.67. The van der Waals surface area contributed by atoms with E-state index in [9.17, 15) is 8.78 Å². The van der Waals surface area contributed by atoms with E-state index in [0.29, 0.717) is 16.5 Å². The van der Waals surface area contributed by atoms with Gasteiger partial charge in [0.25, 0.3) is 5.92 Å². The summed E-state index contributed by atoms with van der Waals surface area (Å²) in [6.45, 7) is -1.35. The van der Waals surface area contributed by atoms with Gasteiger partial charge in [-0.15, -0.1) is 0 Å². The van der Waals surface area contributed by atoms with Crippen LogP contribution in [-0.2, 0) is 0 Å². The SMILES string of the molecule is N#Cc1cc(NCC(F)(F)CN)nc2ccccc12. The minimum absolute atomic E-state index is 0.239. The van der Waals surface area contributed by atoms with Gasteiger partial charge in [-0.05, 0) is 12.1 Å². The van der Waals surface area contributed by atoms with Crippen molar-refractivity contribution in [1.82, 2.24) is 4.98 Å². The highest BCUT2D eigenvalue weighted by Crippen LogP contribution is 2.21. The fraction of sp³-hybridized carbons (Fsp3) is 0.231. The van der Waals surface area contributed by atoms with Gasteiger partial charge in [0.05, 0.1) is 30.2 Å². The standard InChI is InChI=1S/C13H12F2N4/c14-13(15,7-17)8-18-12-5-9(6-16)10-3-1-2-4-11(10)19-12/h1-5H,7-8,17H2,(H,18,19). The molecule has 1 aromatic carbocycles. The maximum atomic E-state index is 13.1. The molecular formula is C13H12F2N4. The molecule has 0 spiro atoms. The highest BCUT2D eigenvalue weighted by molar-refractivity contribution is 5.86. The number of pyridine rings is 1. The molecule has 0 aliphatic carbocycles. The monoisotopic (exact) mass is 262 g/mol. The third kappa shape index (κ3) is 2.95. The molecule has 0 bridgehead atoms. The molecule has 2 aromatic rings. The Bertz CT molecular complexity index is 634. The van der Waals surface area contributed by atoms with Gasteiger partial charge in [-0.2, -0.15) is 5.26 Å². The fourth-order valence-electron chi connectivity index (χ4n) is 1.65. The molecule has 6 heteroatoms. The number of nitrogens with zero attached hydrogens (tertiary/aromatic N) is 2. The summed E-state index contributed by atoms with van der Waals surface area (Å²) in [7, 11) is 0. The average molecular weight is 262 g/mol. The summed E-state index contributed by atoms with van der Waals surface area (Å²) in [4.78, 5) is 4.18. The van der Waals surface area contributed by atoms with Crippen molar-refractivity contribution >= 4 is 16.7 Å². The largest absolute Gasteiger partial charge is 0.364 e. The number of halogens is 2. The zero-order valence-electron chi connectivity index (χ0n) is 10.0.